The van der Waals surface area contributed by atoms with Crippen LogP contribution in [0.1, 0.15) is 31.7 Å². The minimum Gasteiger partial charge on any atom is -0.382 e. The van der Waals surface area contributed by atoms with E-state index in [-0.39, 0.29) is 6.04 Å². The van der Waals surface area contributed by atoms with Crippen LogP contribution in [-0.2, 0) is 20.9 Å². The number of aliphatic hydroxyl groups is 1. The summed E-state index contributed by atoms with van der Waals surface area (Å²) in [5.41, 5.74) is -0.991. The number of carbonyl (C=O) groups is 3. The standard InChI is InChI=1S/C20H22F3N3O4/c1-2-3-4-11-8-26-9-13(17(27)18(28)16(26)20(30)25-11)19(29)24-7-12-14(22)5-10(21)6-15(12)23/h5-6,9,11,16,18,28H,2-4,7-8H2,1H3,(H,24,29)(H,25,30)/t11-,16?,18?/m0/s1. The Morgan fingerprint density at radius 1 is 1.27 bits per heavy atom. The summed E-state index contributed by atoms with van der Waals surface area (Å²) in [5.74, 6) is -5.88. The number of amides is 2. The first kappa shape index (κ1) is 21.8. The van der Waals surface area contributed by atoms with E-state index in [0.717, 1.165) is 12.8 Å². The van der Waals surface area contributed by atoms with Crippen LogP contribution in [0.4, 0.5) is 13.2 Å². The summed E-state index contributed by atoms with van der Waals surface area (Å²) in [7, 11) is 0. The number of carbonyl (C=O) groups excluding carboxylic acids is 3. The molecule has 7 nitrogen and oxygen atoms in total. The molecule has 3 rings (SSSR count). The minimum atomic E-state index is -1.75. The lowest BCUT2D eigenvalue weighted by molar-refractivity contribution is -0.143. The largest absolute Gasteiger partial charge is 0.382 e. The summed E-state index contributed by atoms with van der Waals surface area (Å²) in [6.07, 6.45) is 1.95. The Labute approximate surface area is 170 Å². The quantitative estimate of drug-likeness (QED) is 0.589. The molecule has 162 valence electrons. The highest BCUT2D eigenvalue weighted by molar-refractivity contribution is 6.22. The molecule has 10 heteroatoms. The zero-order chi connectivity index (χ0) is 22.0. The molecule has 2 heterocycles. The number of piperazine rings is 1. The number of fused-ring (bicyclic) bond motifs is 1. The van der Waals surface area contributed by atoms with Gasteiger partial charge in [0.1, 0.15) is 35.2 Å². The van der Waals surface area contributed by atoms with Gasteiger partial charge in [-0.15, -0.1) is 0 Å². The molecule has 0 bridgehead atoms. The third-order valence-electron chi connectivity index (χ3n) is 5.21. The molecule has 1 fully saturated rings. The van der Waals surface area contributed by atoms with Crippen LogP contribution in [0.2, 0.25) is 0 Å². The van der Waals surface area contributed by atoms with E-state index >= 15 is 0 Å². The van der Waals surface area contributed by atoms with E-state index in [9.17, 15) is 32.7 Å². The van der Waals surface area contributed by atoms with Crippen molar-refractivity contribution in [3.63, 3.8) is 0 Å². The summed E-state index contributed by atoms with van der Waals surface area (Å²) in [6, 6.07) is -0.379. The Bertz CT molecular complexity index is 882. The first-order valence-electron chi connectivity index (χ1n) is 9.64. The molecule has 2 aliphatic rings. The van der Waals surface area contributed by atoms with Crippen LogP contribution in [0.25, 0.3) is 0 Å². The molecule has 0 aliphatic carbocycles. The molecule has 0 saturated carbocycles. The molecule has 3 atom stereocenters. The molecule has 0 aromatic heterocycles. The van der Waals surface area contributed by atoms with Crippen molar-refractivity contribution in [1.82, 2.24) is 15.5 Å². The summed E-state index contributed by atoms with van der Waals surface area (Å²) < 4.78 is 40.5. The molecular formula is C20H22F3N3O4. The molecule has 0 radical (unpaired) electrons. The molecule has 2 unspecified atom stereocenters. The monoisotopic (exact) mass is 425 g/mol. The number of Topliss-reactive ketones (excluding diaryl/α,β-unsaturated/α-hetero) is 1. The number of hydrogen-bond acceptors (Lipinski definition) is 5. The van der Waals surface area contributed by atoms with Gasteiger partial charge in [-0.2, -0.15) is 0 Å². The third-order valence-corrected chi connectivity index (χ3v) is 5.21. The predicted molar refractivity (Wildman–Crippen MR) is 99.2 cm³/mol. The van der Waals surface area contributed by atoms with Crippen LogP contribution in [0, 0.1) is 17.5 Å². The second-order valence-corrected chi connectivity index (χ2v) is 7.37. The van der Waals surface area contributed by atoms with Crippen LogP contribution >= 0.6 is 0 Å². The normalized spacial score (nSPS) is 23.6. The van der Waals surface area contributed by atoms with Gasteiger partial charge in [0.15, 0.2) is 0 Å². The van der Waals surface area contributed by atoms with Gasteiger partial charge in [0.2, 0.25) is 11.7 Å². The number of hydrogen-bond donors (Lipinski definition) is 3. The Morgan fingerprint density at radius 3 is 2.57 bits per heavy atom. The number of nitrogens with one attached hydrogen (secondary N) is 2. The summed E-state index contributed by atoms with van der Waals surface area (Å²) >= 11 is 0. The highest BCUT2D eigenvalue weighted by atomic mass is 19.1. The summed E-state index contributed by atoms with van der Waals surface area (Å²) in [4.78, 5) is 38.7. The van der Waals surface area contributed by atoms with Gasteiger partial charge in [-0.25, -0.2) is 13.2 Å². The number of nitrogens with zero attached hydrogens (tertiary/aromatic N) is 1. The van der Waals surface area contributed by atoms with Crippen molar-refractivity contribution in [3.05, 3.63) is 46.9 Å². The van der Waals surface area contributed by atoms with Gasteiger partial charge in [0.25, 0.3) is 5.91 Å². The molecule has 1 aromatic carbocycles. The highest BCUT2D eigenvalue weighted by Gasteiger charge is 2.46. The number of aliphatic hydroxyl groups excluding tert-OH is 1. The summed E-state index contributed by atoms with van der Waals surface area (Å²) in [5, 5.41) is 15.3. The van der Waals surface area contributed by atoms with Gasteiger partial charge >= 0.3 is 0 Å². The first-order valence-corrected chi connectivity index (χ1v) is 9.64. The smallest absolute Gasteiger partial charge is 0.256 e. The molecule has 3 N–H and O–H groups in total. The van der Waals surface area contributed by atoms with Crippen molar-refractivity contribution < 1.29 is 32.7 Å². The minimum absolute atomic E-state index is 0.197. The summed E-state index contributed by atoms with van der Waals surface area (Å²) in [6.45, 7) is 1.69. The molecule has 2 amide bonds. The van der Waals surface area contributed by atoms with Crippen molar-refractivity contribution in [1.29, 1.82) is 0 Å². The van der Waals surface area contributed by atoms with Crippen LogP contribution in [-0.4, -0.2) is 52.3 Å². The highest BCUT2D eigenvalue weighted by Crippen LogP contribution is 2.24. The second-order valence-electron chi connectivity index (χ2n) is 7.37. The lowest BCUT2D eigenvalue weighted by atomic mass is 9.91. The maximum absolute atomic E-state index is 13.7. The van der Waals surface area contributed by atoms with Gasteiger partial charge in [-0.3, -0.25) is 14.4 Å². The molecular weight excluding hydrogens is 403 g/mol. The maximum Gasteiger partial charge on any atom is 0.256 e. The molecule has 30 heavy (non-hydrogen) atoms. The lowest BCUT2D eigenvalue weighted by Gasteiger charge is -2.43. The van der Waals surface area contributed by atoms with Crippen molar-refractivity contribution in [2.24, 2.45) is 0 Å². The van der Waals surface area contributed by atoms with E-state index in [0.29, 0.717) is 25.1 Å². The third kappa shape index (κ3) is 4.33. The molecule has 1 aromatic rings. The van der Waals surface area contributed by atoms with Crippen molar-refractivity contribution >= 4 is 17.6 Å². The number of ketones is 1. The van der Waals surface area contributed by atoms with Gasteiger partial charge in [0, 0.05) is 43.0 Å². The van der Waals surface area contributed by atoms with E-state index < -0.39 is 64.9 Å². The van der Waals surface area contributed by atoms with Crippen LogP contribution in [0.15, 0.2) is 23.9 Å². The number of halogens is 3. The second kappa shape index (κ2) is 8.86. The predicted octanol–water partition coefficient (Wildman–Crippen LogP) is 0.907. The van der Waals surface area contributed by atoms with E-state index in [2.05, 4.69) is 10.6 Å². The zero-order valence-corrected chi connectivity index (χ0v) is 16.3. The Balaban J connectivity index is 1.77. The van der Waals surface area contributed by atoms with Gasteiger partial charge in [-0.1, -0.05) is 19.8 Å². The molecule has 2 aliphatic heterocycles. The number of unbranched alkanes of at least 4 members (excludes halogenated alkanes) is 1. The van der Waals surface area contributed by atoms with Gasteiger partial charge in [0.05, 0.1) is 0 Å². The zero-order valence-electron chi connectivity index (χ0n) is 16.3. The SMILES string of the molecule is CCCC[C@H]1CN2C=C(C(=O)NCc3c(F)cc(F)cc3F)C(=O)C(O)C2C(=O)N1. The van der Waals surface area contributed by atoms with Crippen molar-refractivity contribution in [2.75, 3.05) is 6.54 Å². The lowest BCUT2D eigenvalue weighted by Crippen LogP contribution is -2.65. The van der Waals surface area contributed by atoms with Crippen LogP contribution < -0.4 is 10.6 Å². The number of rotatable bonds is 6. The Morgan fingerprint density at radius 2 is 1.93 bits per heavy atom. The van der Waals surface area contributed by atoms with Crippen molar-refractivity contribution in [2.45, 2.75) is 50.9 Å². The van der Waals surface area contributed by atoms with Crippen molar-refractivity contribution in [3.8, 4) is 0 Å². The average molecular weight is 425 g/mol. The fourth-order valence-corrected chi connectivity index (χ4v) is 3.63. The van der Waals surface area contributed by atoms with E-state index in [1.165, 1.54) is 11.1 Å². The van der Waals surface area contributed by atoms with Crippen LogP contribution in [0.3, 0.4) is 0 Å². The Kier molecular flexibility index (Phi) is 6.45. The maximum atomic E-state index is 13.7. The Hall–Kier alpha value is -2.88. The average Bonchev–Trinajstić information content (AvgIpc) is 2.67. The van der Waals surface area contributed by atoms with E-state index in [1.807, 2.05) is 6.92 Å². The first-order chi connectivity index (χ1) is 14.2. The number of benzene rings is 1. The fraction of sp³-hybridized carbons (Fsp3) is 0.450. The van der Waals surface area contributed by atoms with Crippen LogP contribution in [0.5, 0.6) is 0 Å². The van der Waals surface area contributed by atoms with Gasteiger partial charge < -0.3 is 20.6 Å². The van der Waals surface area contributed by atoms with E-state index in [4.69, 9.17) is 0 Å². The molecule has 0 spiro atoms. The molecule has 1 saturated heterocycles. The van der Waals surface area contributed by atoms with Gasteiger partial charge in [-0.05, 0) is 6.42 Å². The van der Waals surface area contributed by atoms with E-state index in [1.54, 1.807) is 0 Å². The topological polar surface area (TPSA) is 98.7 Å². The fourth-order valence-electron chi connectivity index (χ4n) is 3.63.